The van der Waals surface area contributed by atoms with Gasteiger partial charge in [0.25, 0.3) is 0 Å². The lowest BCUT2D eigenvalue weighted by atomic mass is 9.91. The lowest BCUT2D eigenvalue weighted by Gasteiger charge is -2.38. The van der Waals surface area contributed by atoms with Crippen LogP contribution in [0, 0.1) is 5.92 Å². The molecule has 0 aliphatic carbocycles. The molecule has 2 unspecified atom stereocenters. The number of aliphatic carboxylic acids is 1. The Morgan fingerprint density at radius 2 is 2.00 bits per heavy atom. The minimum absolute atomic E-state index is 0.0396. The number of fused-ring (bicyclic) bond motifs is 1. The zero-order valence-electron chi connectivity index (χ0n) is 14.2. The predicted octanol–water partition coefficient (Wildman–Crippen LogP) is 4.06. The van der Waals surface area contributed by atoms with E-state index in [9.17, 15) is 9.90 Å². The van der Waals surface area contributed by atoms with Crippen molar-refractivity contribution in [2.45, 2.75) is 18.9 Å². The quantitative estimate of drug-likeness (QED) is 0.812. The summed E-state index contributed by atoms with van der Waals surface area (Å²) in [5.41, 5.74) is 2.20. The molecular weight excluding hydrogens is 398 g/mol. The van der Waals surface area contributed by atoms with Crippen molar-refractivity contribution in [3.05, 3.63) is 58.1 Å². The third-order valence-electron chi connectivity index (χ3n) is 5.08. The standard InChI is InChI=1S/C20H20BrNO4/c21-16-6-2-1-5-15(16)19(22-9-3-4-14(11-22)20(23)24)13-7-8-17-18(10-13)26-12-25-17/h1-2,5-8,10,14,19H,3-4,9,11-12H2,(H,23,24). The van der Waals surface area contributed by atoms with Crippen molar-refractivity contribution in [2.24, 2.45) is 5.92 Å². The van der Waals surface area contributed by atoms with E-state index in [-0.39, 0.29) is 18.8 Å². The van der Waals surface area contributed by atoms with Gasteiger partial charge in [-0.25, -0.2) is 0 Å². The Bertz CT molecular complexity index is 825. The molecule has 5 nitrogen and oxygen atoms in total. The Morgan fingerprint density at radius 3 is 2.81 bits per heavy atom. The number of hydrogen-bond donors (Lipinski definition) is 1. The lowest BCUT2D eigenvalue weighted by molar-refractivity contribution is -0.143. The second-order valence-corrected chi connectivity index (χ2v) is 7.56. The highest BCUT2D eigenvalue weighted by Crippen LogP contribution is 2.40. The Balaban J connectivity index is 1.75. The number of piperidine rings is 1. The van der Waals surface area contributed by atoms with Crippen molar-refractivity contribution in [1.29, 1.82) is 0 Å². The van der Waals surface area contributed by atoms with E-state index in [1.165, 1.54) is 0 Å². The summed E-state index contributed by atoms with van der Waals surface area (Å²) < 4.78 is 12.0. The Kier molecular flexibility index (Phi) is 4.87. The van der Waals surface area contributed by atoms with Crippen LogP contribution in [0.5, 0.6) is 11.5 Å². The van der Waals surface area contributed by atoms with Gasteiger partial charge in [0.15, 0.2) is 11.5 Å². The van der Waals surface area contributed by atoms with Crippen LogP contribution in [-0.4, -0.2) is 35.9 Å². The number of rotatable bonds is 4. The van der Waals surface area contributed by atoms with Crippen molar-refractivity contribution in [1.82, 2.24) is 4.90 Å². The number of benzene rings is 2. The van der Waals surface area contributed by atoms with E-state index in [0.717, 1.165) is 46.5 Å². The highest BCUT2D eigenvalue weighted by Gasteiger charge is 2.32. The van der Waals surface area contributed by atoms with Crippen LogP contribution in [-0.2, 0) is 4.79 Å². The number of halogens is 1. The van der Waals surface area contributed by atoms with Crippen LogP contribution in [0.4, 0.5) is 0 Å². The first-order valence-electron chi connectivity index (χ1n) is 8.74. The Morgan fingerprint density at radius 1 is 1.19 bits per heavy atom. The van der Waals surface area contributed by atoms with Gasteiger partial charge in [-0.15, -0.1) is 0 Å². The van der Waals surface area contributed by atoms with Gasteiger partial charge < -0.3 is 14.6 Å². The molecule has 0 bridgehead atoms. The molecule has 136 valence electrons. The Labute approximate surface area is 160 Å². The molecule has 1 fully saturated rings. The Hall–Kier alpha value is -2.05. The minimum Gasteiger partial charge on any atom is -0.481 e. The van der Waals surface area contributed by atoms with E-state index in [0.29, 0.717) is 6.54 Å². The van der Waals surface area contributed by atoms with Crippen LogP contribution in [0.3, 0.4) is 0 Å². The van der Waals surface area contributed by atoms with Crippen molar-refractivity contribution in [3.8, 4) is 11.5 Å². The number of carboxylic acid groups (broad SMARTS) is 1. The van der Waals surface area contributed by atoms with E-state index < -0.39 is 5.97 Å². The number of nitrogens with zero attached hydrogens (tertiary/aromatic N) is 1. The predicted molar refractivity (Wildman–Crippen MR) is 100 cm³/mol. The van der Waals surface area contributed by atoms with E-state index in [1.54, 1.807) is 0 Å². The zero-order valence-corrected chi connectivity index (χ0v) is 15.8. The van der Waals surface area contributed by atoms with Crippen LogP contribution in [0.15, 0.2) is 46.9 Å². The van der Waals surface area contributed by atoms with Gasteiger partial charge in [-0.1, -0.05) is 40.2 Å². The molecule has 6 heteroatoms. The molecule has 2 aromatic rings. The molecule has 26 heavy (non-hydrogen) atoms. The number of carboxylic acids is 1. The zero-order chi connectivity index (χ0) is 18.1. The van der Waals surface area contributed by atoms with Crippen molar-refractivity contribution < 1.29 is 19.4 Å². The van der Waals surface area contributed by atoms with Crippen molar-refractivity contribution in [3.63, 3.8) is 0 Å². The number of hydrogen-bond acceptors (Lipinski definition) is 4. The van der Waals surface area contributed by atoms with Gasteiger partial charge in [-0.2, -0.15) is 0 Å². The molecule has 2 aliphatic heterocycles. The average Bonchev–Trinajstić information content (AvgIpc) is 3.12. The summed E-state index contributed by atoms with van der Waals surface area (Å²) in [6, 6.07) is 14.1. The molecule has 2 atom stereocenters. The molecule has 4 rings (SSSR count). The smallest absolute Gasteiger partial charge is 0.307 e. The normalized spacial score (nSPS) is 20.7. The fourth-order valence-corrected chi connectivity index (χ4v) is 4.31. The van der Waals surface area contributed by atoms with Crippen LogP contribution >= 0.6 is 15.9 Å². The van der Waals surface area contributed by atoms with E-state index in [4.69, 9.17) is 9.47 Å². The fraction of sp³-hybridized carbons (Fsp3) is 0.350. The summed E-state index contributed by atoms with van der Waals surface area (Å²) in [5.74, 6) is 0.446. The molecule has 0 radical (unpaired) electrons. The maximum Gasteiger partial charge on any atom is 0.307 e. The summed E-state index contributed by atoms with van der Waals surface area (Å²) in [6.07, 6.45) is 1.61. The first-order valence-corrected chi connectivity index (χ1v) is 9.53. The molecule has 1 saturated heterocycles. The highest BCUT2D eigenvalue weighted by molar-refractivity contribution is 9.10. The van der Waals surface area contributed by atoms with Gasteiger partial charge in [0.1, 0.15) is 0 Å². The maximum atomic E-state index is 11.5. The summed E-state index contributed by atoms with van der Waals surface area (Å²) >= 11 is 3.67. The minimum atomic E-state index is -0.716. The second kappa shape index (κ2) is 7.29. The monoisotopic (exact) mass is 417 g/mol. The third kappa shape index (κ3) is 3.31. The number of ether oxygens (including phenoxy) is 2. The summed E-state index contributed by atoms with van der Waals surface area (Å²) in [4.78, 5) is 13.8. The van der Waals surface area contributed by atoms with Crippen molar-refractivity contribution >= 4 is 21.9 Å². The van der Waals surface area contributed by atoms with E-state index in [2.05, 4.69) is 26.9 Å². The summed E-state index contributed by atoms with van der Waals surface area (Å²) in [6.45, 7) is 1.64. The maximum absolute atomic E-state index is 11.5. The highest BCUT2D eigenvalue weighted by atomic mass is 79.9. The van der Waals surface area contributed by atoms with Crippen LogP contribution in [0.2, 0.25) is 0 Å². The first-order chi connectivity index (χ1) is 12.6. The molecule has 2 aliphatic rings. The third-order valence-corrected chi connectivity index (χ3v) is 5.80. The van der Waals surface area contributed by atoms with Crippen LogP contribution < -0.4 is 9.47 Å². The van der Waals surface area contributed by atoms with E-state index in [1.807, 2.05) is 36.4 Å². The van der Waals surface area contributed by atoms with Gasteiger partial charge in [-0.05, 0) is 48.7 Å². The SMILES string of the molecule is O=C(O)C1CCCN(C(c2ccc3c(c2)OCO3)c2ccccc2Br)C1. The molecular formula is C20H20BrNO4. The van der Waals surface area contributed by atoms with Gasteiger partial charge >= 0.3 is 5.97 Å². The van der Waals surface area contributed by atoms with Gasteiger partial charge in [0, 0.05) is 11.0 Å². The largest absolute Gasteiger partial charge is 0.481 e. The number of carbonyl (C=O) groups is 1. The van der Waals surface area contributed by atoms with Crippen LogP contribution in [0.25, 0.3) is 0 Å². The number of likely N-dealkylation sites (tertiary alicyclic amines) is 1. The molecule has 0 spiro atoms. The van der Waals surface area contributed by atoms with Crippen molar-refractivity contribution in [2.75, 3.05) is 19.9 Å². The first kappa shape index (κ1) is 17.4. The van der Waals surface area contributed by atoms with E-state index >= 15 is 0 Å². The molecule has 2 heterocycles. The average molecular weight is 418 g/mol. The van der Waals surface area contributed by atoms with Gasteiger partial charge in [-0.3, -0.25) is 9.69 Å². The molecule has 0 saturated carbocycles. The van der Waals surface area contributed by atoms with Gasteiger partial charge in [0.05, 0.1) is 12.0 Å². The van der Waals surface area contributed by atoms with Gasteiger partial charge in [0.2, 0.25) is 6.79 Å². The topological polar surface area (TPSA) is 59.0 Å². The molecule has 0 amide bonds. The molecule has 0 aromatic heterocycles. The lowest BCUT2D eigenvalue weighted by Crippen LogP contribution is -2.41. The fourth-order valence-electron chi connectivity index (χ4n) is 3.81. The second-order valence-electron chi connectivity index (χ2n) is 6.71. The summed E-state index contributed by atoms with van der Waals surface area (Å²) in [7, 11) is 0. The molecule has 1 N–H and O–H groups in total. The molecule has 2 aromatic carbocycles. The van der Waals surface area contributed by atoms with Crippen LogP contribution in [0.1, 0.15) is 30.0 Å². The summed E-state index contributed by atoms with van der Waals surface area (Å²) in [5, 5.41) is 9.49.